The van der Waals surface area contributed by atoms with Gasteiger partial charge in [0.1, 0.15) is 13.1 Å². The molecule has 0 unspecified atom stereocenters. The van der Waals surface area contributed by atoms with Gasteiger partial charge in [-0.1, -0.05) is 48.5 Å². The van der Waals surface area contributed by atoms with Crippen LogP contribution in [0, 0.1) is 0 Å². The number of benzene rings is 3. The number of nitrogens with zero attached hydrogens (tertiary/aromatic N) is 4. The van der Waals surface area contributed by atoms with Gasteiger partial charge in [-0.2, -0.15) is 13.2 Å². The first kappa shape index (κ1) is 38.3. The third kappa shape index (κ3) is 8.19. The molecule has 3 saturated heterocycles. The largest absolute Gasteiger partial charge is 0.422 e. The molecule has 14 heteroatoms. The highest BCUT2D eigenvalue weighted by Gasteiger charge is 2.45. The molecule has 0 spiro atoms. The fourth-order valence-electron chi connectivity index (χ4n) is 7.19. The van der Waals surface area contributed by atoms with Crippen LogP contribution in [0.5, 0.6) is 0 Å². The molecule has 9 nitrogen and oxygen atoms in total. The molecule has 3 aromatic carbocycles. The summed E-state index contributed by atoms with van der Waals surface area (Å²) in [5.41, 5.74) is 2.90. The van der Waals surface area contributed by atoms with Crippen molar-refractivity contribution in [2.24, 2.45) is 4.74 Å². The van der Waals surface area contributed by atoms with E-state index in [9.17, 15) is 18.0 Å². The zero-order chi connectivity index (χ0) is 35.3. The zero-order valence-corrected chi connectivity index (χ0v) is 30.5. The van der Waals surface area contributed by atoms with E-state index in [0.29, 0.717) is 109 Å². The van der Waals surface area contributed by atoms with Crippen molar-refractivity contribution in [2.75, 3.05) is 78.9 Å². The molecule has 7 rings (SSSR count). The summed E-state index contributed by atoms with van der Waals surface area (Å²) in [5, 5.41) is 1.12. The smallest absolute Gasteiger partial charge is 0.416 e. The second kappa shape index (κ2) is 17.1. The number of carbonyl (C=O) groups excluding carboxylic acids is 1. The van der Waals surface area contributed by atoms with E-state index < -0.39 is 25.1 Å². The molecule has 0 N–H and O–H groups in total. The molecule has 3 heterocycles. The monoisotopic (exact) mass is 758 g/mol. The van der Waals surface area contributed by atoms with Crippen molar-refractivity contribution < 1.29 is 36.9 Å². The van der Waals surface area contributed by atoms with Crippen molar-refractivity contribution in [1.29, 1.82) is 0 Å². The fraction of sp³-hybridized carbons (Fsp3) is 0.395. The Bertz CT molecular complexity index is 1770. The average Bonchev–Trinajstić information content (AvgIpc) is 3.63. The highest BCUT2D eigenvalue weighted by molar-refractivity contribution is 7.66. The van der Waals surface area contributed by atoms with Gasteiger partial charge in [0.2, 0.25) is 0 Å². The maximum atomic E-state index is 13.7. The van der Waals surface area contributed by atoms with E-state index in [1.807, 2.05) is 48.5 Å². The molecular weight excluding hydrogens is 716 g/mol. The Morgan fingerprint density at radius 3 is 1.69 bits per heavy atom. The Hall–Kier alpha value is -3.48. The Labute approximate surface area is 308 Å². The summed E-state index contributed by atoms with van der Waals surface area (Å²) >= 11 is 0. The minimum Gasteiger partial charge on any atom is -0.422 e. The Balaban J connectivity index is 0.00000464. The van der Waals surface area contributed by atoms with Gasteiger partial charge in [-0.25, -0.2) is 18.9 Å². The van der Waals surface area contributed by atoms with Gasteiger partial charge in [0, 0.05) is 55.7 Å². The number of hydrogen-bond acceptors (Lipinski definition) is 7. The number of hydrogen-bond donors (Lipinski definition) is 0. The molecule has 0 saturated carbocycles. The van der Waals surface area contributed by atoms with Crippen LogP contribution >= 0.6 is 19.8 Å². The Kier molecular flexibility index (Phi) is 12.6. The predicted molar refractivity (Wildman–Crippen MR) is 196 cm³/mol. The highest BCUT2D eigenvalue weighted by atomic mass is 35.5. The van der Waals surface area contributed by atoms with Crippen molar-refractivity contribution in [3.05, 3.63) is 118 Å². The normalized spacial score (nSPS) is 20.3. The van der Waals surface area contributed by atoms with Crippen LogP contribution in [0.15, 0.2) is 106 Å². The van der Waals surface area contributed by atoms with Crippen LogP contribution < -0.4 is 0 Å². The van der Waals surface area contributed by atoms with Gasteiger partial charge in [0.05, 0.1) is 62.2 Å². The van der Waals surface area contributed by atoms with Crippen molar-refractivity contribution in [1.82, 2.24) is 14.2 Å². The predicted octanol–water partition coefficient (Wildman–Crippen LogP) is 8.06. The minimum absolute atomic E-state index is 0. The van der Waals surface area contributed by atoms with Gasteiger partial charge in [0.25, 0.3) is 0 Å². The van der Waals surface area contributed by atoms with Crippen molar-refractivity contribution in [3.63, 3.8) is 0 Å². The van der Waals surface area contributed by atoms with E-state index in [1.54, 1.807) is 12.1 Å². The van der Waals surface area contributed by atoms with Gasteiger partial charge >= 0.3 is 12.1 Å². The van der Waals surface area contributed by atoms with Crippen LogP contribution in [0.3, 0.4) is 0 Å². The average molecular weight is 759 g/mol. The van der Waals surface area contributed by atoms with Crippen LogP contribution in [0.1, 0.15) is 34.3 Å². The second-order valence-corrected chi connectivity index (χ2v) is 15.7. The number of alkyl halides is 3. The molecule has 52 heavy (non-hydrogen) atoms. The molecule has 278 valence electrons. The number of esters is 1. The van der Waals surface area contributed by atoms with Crippen LogP contribution in [0.4, 0.5) is 18.9 Å². The lowest BCUT2D eigenvalue weighted by atomic mass is 10.0. The lowest BCUT2D eigenvalue weighted by Crippen LogP contribution is -2.44. The highest BCUT2D eigenvalue weighted by Crippen LogP contribution is 2.69. The number of rotatable bonds is 8. The van der Waals surface area contributed by atoms with Crippen molar-refractivity contribution >= 4 is 37.2 Å². The van der Waals surface area contributed by atoms with E-state index in [1.165, 1.54) is 12.1 Å². The summed E-state index contributed by atoms with van der Waals surface area (Å²) in [6, 6.07) is 23.8. The van der Waals surface area contributed by atoms with E-state index in [-0.39, 0.29) is 12.4 Å². The van der Waals surface area contributed by atoms with Crippen LogP contribution in [0.25, 0.3) is 5.76 Å². The summed E-state index contributed by atoms with van der Waals surface area (Å²) in [6.45, 7) is 6.84. The van der Waals surface area contributed by atoms with Crippen molar-refractivity contribution in [3.8, 4) is 0 Å². The number of ether oxygens (including phenoxy) is 4. The summed E-state index contributed by atoms with van der Waals surface area (Å²) in [4.78, 5) is 16.1. The Morgan fingerprint density at radius 2 is 1.17 bits per heavy atom. The maximum Gasteiger partial charge on any atom is 0.416 e. The topological polar surface area (TPSA) is 76.1 Å². The zero-order valence-electron chi connectivity index (χ0n) is 28.8. The first-order chi connectivity index (χ1) is 24.8. The third-order valence-electron chi connectivity index (χ3n) is 9.59. The number of halogens is 4. The van der Waals surface area contributed by atoms with E-state index in [4.69, 9.17) is 23.7 Å². The maximum absolute atomic E-state index is 13.7. The van der Waals surface area contributed by atoms with Gasteiger partial charge in [0.15, 0.2) is 0 Å². The molecule has 3 aromatic rings. The van der Waals surface area contributed by atoms with Crippen molar-refractivity contribution in [2.45, 2.75) is 19.0 Å². The van der Waals surface area contributed by atoms with E-state index in [2.05, 4.69) is 14.2 Å². The SMILES string of the molecule is Cl.O=C(OC(=C1CCC(P(=Nc2ccc(C(F)(F)F)cc2)(N2CCOCC2)N2CCOCC2)=C1N1CCOCC1)c1ccccc1)c1ccccc1. The molecule has 4 aliphatic rings. The number of morpholine rings is 3. The summed E-state index contributed by atoms with van der Waals surface area (Å²) in [5.74, 6) is 0.0473. The van der Waals surface area contributed by atoms with Crippen LogP contribution in [-0.2, 0) is 25.1 Å². The minimum atomic E-state index is -4.46. The summed E-state index contributed by atoms with van der Waals surface area (Å²) in [7, 11) is -2.88. The van der Waals surface area contributed by atoms with E-state index >= 15 is 0 Å². The van der Waals surface area contributed by atoms with Gasteiger partial charge in [-0.15, -0.1) is 12.4 Å². The molecule has 0 aromatic heterocycles. The summed E-state index contributed by atoms with van der Waals surface area (Å²) < 4.78 is 75.4. The fourth-order valence-corrected chi connectivity index (χ4v) is 11.5. The van der Waals surface area contributed by atoms with Gasteiger partial charge in [-0.05, 0) is 49.2 Å². The molecule has 0 bridgehead atoms. The lowest BCUT2D eigenvalue weighted by molar-refractivity contribution is -0.137. The van der Waals surface area contributed by atoms with E-state index in [0.717, 1.165) is 34.3 Å². The molecule has 0 atom stereocenters. The molecule has 1 aliphatic carbocycles. The van der Waals surface area contributed by atoms with Crippen LogP contribution in [0.2, 0.25) is 0 Å². The first-order valence-corrected chi connectivity index (χ1v) is 19.1. The molecule has 0 radical (unpaired) electrons. The number of allylic oxidation sites excluding steroid dienone is 2. The quantitative estimate of drug-likeness (QED) is 0.130. The first-order valence-electron chi connectivity index (χ1n) is 17.4. The number of carbonyl (C=O) groups is 1. The molecule has 0 amide bonds. The second-order valence-electron chi connectivity index (χ2n) is 12.7. The van der Waals surface area contributed by atoms with Gasteiger partial charge < -0.3 is 23.8 Å². The standard InChI is InChI=1S/C38H42F3N4O5P.ClH/c39-38(40,41)31-11-13-32(14-12-31)42-51(44-19-25-48-26-20-44,45-21-27-49-28-22-45)34-16-15-33(35(34)43-17-23-47-24-18-43)36(29-7-3-1-4-8-29)50-37(46)30-9-5-2-6-10-30;/h1-14H,15-28H2;1H. The Morgan fingerprint density at radius 1 is 0.673 bits per heavy atom. The molecule has 3 fully saturated rings. The molecular formula is C38H43ClF3N4O5P. The summed E-state index contributed by atoms with van der Waals surface area (Å²) in [6.07, 6.45) is -3.23. The molecule has 3 aliphatic heterocycles. The lowest BCUT2D eigenvalue weighted by Gasteiger charge is -2.48. The van der Waals surface area contributed by atoms with Gasteiger partial charge in [-0.3, -0.25) is 0 Å². The third-order valence-corrected chi connectivity index (χ3v) is 13.6. The van der Waals surface area contributed by atoms with Crippen LogP contribution in [-0.4, -0.2) is 99.1 Å².